The summed E-state index contributed by atoms with van der Waals surface area (Å²) in [7, 11) is 0. The molecular formula is C55H95NO5. The fourth-order valence-electron chi connectivity index (χ4n) is 7.25. The number of esters is 1. The Bertz CT molecular complexity index is 1180. The van der Waals surface area contributed by atoms with E-state index in [0.29, 0.717) is 25.7 Å². The minimum atomic E-state index is -0.805. The molecule has 0 saturated heterocycles. The molecule has 0 aliphatic heterocycles. The molecule has 3 unspecified atom stereocenters. The second-order valence-electron chi connectivity index (χ2n) is 17.0. The lowest BCUT2D eigenvalue weighted by Crippen LogP contribution is -2.46. The van der Waals surface area contributed by atoms with Crippen LogP contribution in [0.4, 0.5) is 0 Å². The number of ether oxygens (including phenoxy) is 1. The van der Waals surface area contributed by atoms with E-state index in [1.54, 1.807) is 0 Å². The summed E-state index contributed by atoms with van der Waals surface area (Å²) < 4.78 is 5.89. The largest absolute Gasteiger partial charge is 0.462 e. The SMILES string of the molecule is CC/C=C/C=C/C=C\C=C/C=C/CCCC(=O)OC(CCCCCCCCC/C=C\C/C=C\CCCCC)CC(=O)NC(CO)C(O)CCCCCCCCCCCCCC. The maximum Gasteiger partial charge on any atom is 0.306 e. The van der Waals surface area contributed by atoms with E-state index in [1.807, 2.05) is 54.7 Å². The van der Waals surface area contributed by atoms with E-state index < -0.39 is 18.2 Å². The highest BCUT2D eigenvalue weighted by Crippen LogP contribution is 2.17. The highest BCUT2D eigenvalue weighted by Gasteiger charge is 2.24. The number of nitrogens with one attached hydrogen (secondary N) is 1. The van der Waals surface area contributed by atoms with Crippen LogP contribution >= 0.6 is 0 Å². The van der Waals surface area contributed by atoms with Crippen molar-refractivity contribution in [3.8, 4) is 0 Å². The van der Waals surface area contributed by atoms with Gasteiger partial charge in [-0.25, -0.2) is 0 Å². The lowest BCUT2D eigenvalue weighted by Gasteiger charge is -2.24. The van der Waals surface area contributed by atoms with Gasteiger partial charge in [-0.05, 0) is 70.6 Å². The maximum absolute atomic E-state index is 13.2. The molecule has 6 heteroatoms. The lowest BCUT2D eigenvalue weighted by atomic mass is 10.0. The molecule has 1 amide bonds. The number of hydrogen-bond acceptors (Lipinski definition) is 5. The van der Waals surface area contributed by atoms with Crippen LogP contribution < -0.4 is 5.32 Å². The molecule has 0 rings (SSSR count). The van der Waals surface area contributed by atoms with E-state index in [1.165, 1.54) is 109 Å². The van der Waals surface area contributed by atoms with Crippen LogP contribution in [0.15, 0.2) is 85.1 Å². The third-order valence-corrected chi connectivity index (χ3v) is 11.1. The molecule has 0 saturated carbocycles. The van der Waals surface area contributed by atoms with Gasteiger partial charge in [0.05, 0.1) is 25.2 Å². The van der Waals surface area contributed by atoms with Crippen LogP contribution in [-0.4, -0.2) is 46.9 Å². The van der Waals surface area contributed by atoms with E-state index in [4.69, 9.17) is 4.74 Å². The van der Waals surface area contributed by atoms with Gasteiger partial charge in [-0.2, -0.15) is 0 Å². The minimum absolute atomic E-state index is 0.0397. The Morgan fingerprint density at radius 1 is 0.508 bits per heavy atom. The Balaban J connectivity index is 4.72. The van der Waals surface area contributed by atoms with Crippen molar-refractivity contribution in [2.45, 2.75) is 244 Å². The molecule has 0 aromatic heterocycles. The first-order valence-corrected chi connectivity index (χ1v) is 25.4. The van der Waals surface area contributed by atoms with Gasteiger partial charge in [-0.15, -0.1) is 0 Å². The molecule has 0 bridgehead atoms. The van der Waals surface area contributed by atoms with Crippen LogP contribution in [0.1, 0.15) is 226 Å². The summed E-state index contributed by atoms with van der Waals surface area (Å²) >= 11 is 0. The van der Waals surface area contributed by atoms with Crippen molar-refractivity contribution in [1.29, 1.82) is 0 Å². The van der Waals surface area contributed by atoms with Gasteiger partial charge in [0.1, 0.15) is 6.10 Å². The predicted molar refractivity (Wildman–Crippen MR) is 264 cm³/mol. The van der Waals surface area contributed by atoms with Crippen LogP contribution in [0.5, 0.6) is 0 Å². The van der Waals surface area contributed by atoms with Crippen molar-refractivity contribution in [1.82, 2.24) is 5.32 Å². The van der Waals surface area contributed by atoms with E-state index in [9.17, 15) is 19.8 Å². The van der Waals surface area contributed by atoms with E-state index in [2.05, 4.69) is 56.5 Å². The first kappa shape index (κ1) is 58.0. The van der Waals surface area contributed by atoms with Crippen LogP contribution in [0.2, 0.25) is 0 Å². The van der Waals surface area contributed by atoms with Crippen LogP contribution in [0.25, 0.3) is 0 Å². The Labute approximate surface area is 376 Å². The minimum Gasteiger partial charge on any atom is -0.462 e. The maximum atomic E-state index is 13.2. The number of carbonyl (C=O) groups excluding carboxylic acids is 2. The van der Waals surface area contributed by atoms with E-state index in [-0.39, 0.29) is 24.9 Å². The Hall–Kier alpha value is -2.96. The molecule has 0 heterocycles. The average molecular weight is 850 g/mol. The predicted octanol–water partition coefficient (Wildman–Crippen LogP) is 15.2. The summed E-state index contributed by atoms with van der Waals surface area (Å²) in [6, 6.07) is -0.722. The molecule has 3 atom stereocenters. The first-order valence-electron chi connectivity index (χ1n) is 25.4. The van der Waals surface area contributed by atoms with Crippen molar-refractivity contribution in [3.05, 3.63) is 85.1 Å². The number of aliphatic hydroxyl groups excluding tert-OH is 2. The Kier molecular flexibility index (Phi) is 45.7. The fourth-order valence-corrected chi connectivity index (χ4v) is 7.25. The molecule has 0 aliphatic carbocycles. The van der Waals surface area contributed by atoms with Crippen molar-refractivity contribution >= 4 is 11.9 Å². The Morgan fingerprint density at radius 2 is 0.951 bits per heavy atom. The van der Waals surface area contributed by atoms with Crippen molar-refractivity contribution < 1.29 is 24.5 Å². The molecule has 3 N–H and O–H groups in total. The van der Waals surface area contributed by atoms with Gasteiger partial charge in [0.25, 0.3) is 0 Å². The second kappa shape index (κ2) is 48.1. The van der Waals surface area contributed by atoms with Crippen LogP contribution in [0, 0.1) is 0 Å². The van der Waals surface area contributed by atoms with Crippen molar-refractivity contribution in [3.63, 3.8) is 0 Å². The molecule has 6 nitrogen and oxygen atoms in total. The number of unbranched alkanes of at least 4 members (excludes halogenated alkanes) is 22. The summed E-state index contributed by atoms with van der Waals surface area (Å²) in [6.07, 6.45) is 62.1. The fraction of sp³-hybridized carbons (Fsp3) is 0.709. The number of hydrogen-bond donors (Lipinski definition) is 3. The molecule has 0 spiro atoms. The van der Waals surface area contributed by atoms with Gasteiger partial charge in [-0.1, -0.05) is 228 Å². The summed E-state index contributed by atoms with van der Waals surface area (Å²) in [5.74, 6) is -0.573. The monoisotopic (exact) mass is 850 g/mol. The summed E-state index contributed by atoms with van der Waals surface area (Å²) in [6.45, 7) is 6.29. The van der Waals surface area contributed by atoms with Gasteiger partial charge in [0.15, 0.2) is 0 Å². The number of allylic oxidation sites excluding steroid dienone is 14. The average Bonchev–Trinajstić information content (AvgIpc) is 3.25. The molecule has 350 valence electrons. The van der Waals surface area contributed by atoms with Crippen molar-refractivity contribution in [2.75, 3.05) is 6.61 Å². The summed E-state index contributed by atoms with van der Waals surface area (Å²) in [5.41, 5.74) is 0. The van der Waals surface area contributed by atoms with E-state index >= 15 is 0 Å². The molecule has 0 aromatic rings. The second-order valence-corrected chi connectivity index (χ2v) is 17.0. The zero-order chi connectivity index (χ0) is 44.5. The zero-order valence-corrected chi connectivity index (χ0v) is 39.8. The smallest absolute Gasteiger partial charge is 0.306 e. The molecule has 0 aliphatic rings. The molecule has 61 heavy (non-hydrogen) atoms. The van der Waals surface area contributed by atoms with Gasteiger partial charge in [0.2, 0.25) is 5.91 Å². The number of rotatable bonds is 44. The number of carbonyl (C=O) groups is 2. The van der Waals surface area contributed by atoms with Gasteiger partial charge >= 0.3 is 5.97 Å². The van der Waals surface area contributed by atoms with Crippen LogP contribution in [-0.2, 0) is 14.3 Å². The highest BCUT2D eigenvalue weighted by molar-refractivity contribution is 5.77. The van der Waals surface area contributed by atoms with Gasteiger partial charge in [0, 0.05) is 6.42 Å². The first-order chi connectivity index (χ1) is 30.0. The van der Waals surface area contributed by atoms with Gasteiger partial charge < -0.3 is 20.3 Å². The molecule has 0 radical (unpaired) electrons. The number of amides is 1. The normalized spacial score (nSPS) is 14.0. The number of aliphatic hydroxyl groups is 2. The standard InChI is InChI=1S/C55H95NO5/c1-4-7-10-13-16-19-22-25-26-27-28-30-31-34-37-40-43-46-51(61-55(60)48-45-42-39-36-33-29-23-20-17-14-11-8-5-2)49-54(59)56-52(50-57)53(58)47-44-41-38-35-32-24-21-18-15-12-9-6-3/h8,11,14,16-17,19-20,23,25-26,29,33,36,39,51-53,57-58H,4-7,9-10,12-13,15,18,21-22,24,27-28,30-32,34-35,37-38,40-50H2,1-3H3,(H,56,59)/b11-8+,17-14+,19-16-,23-20-,26-25-,33-29-,39-36+. The quantitative estimate of drug-likeness (QED) is 0.0246. The third kappa shape index (κ3) is 43.5. The highest BCUT2D eigenvalue weighted by atomic mass is 16.5. The summed E-state index contributed by atoms with van der Waals surface area (Å²) in [5, 5.41) is 23.7. The summed E-state index contributed by atoms with van der Waals surface area (Å²) in [4.78, 5) is 26.1. The van der Waals surface area contributed by atoms with E-state index in [0.717, 1.165) is 64.2 Å². The Morgan fingerprint density at radius 3 is 1.49 bits per heavy atom. The zero-order valence-electron chi connectivity index (χ0n) is 39.8. The topological polar surface area (TPSA) is 95.9 Å². The molecular weight excluding hydrogens is 755 g/mol. The third-order valence-electron chi connectivity index (χ3n) is 11.1. The van der Waals surface area contributed by atoms with Crippen molar-refractivity contribution in [2.24, 2.45) is 0 Å². The lowest BCUT2D eigenvalue weighted by molar-refractivity contribution is -0.151. The molecule has 0 aromatic carbocycles. The molecule has 0 fully saturated rings. The van der Waals surface area contributed by atoms with Crippen LogP contribution in [0.3, 0.4) is 0 Å². The van der Waals surface area contributed by atoms with Gasteiger partial charge in [-0.3, -0.25) is 9.59 Å².